The van der Waals surface area contributed by atoms with Crippen molar-refractivity contribution in [2.75, 3.05) is 11.0 Å². The van der Waals surface area contributed by atoms with E-state index in [2.05, 4.69) is 43.8 Å². The number of alkyl halides is 1. The molecule has 0 saturated heterocycles. The zero-order chi connectivity index (χ0) is 11.3. The molecule has 0 unspecified atom stereocenters. The maximum atomic E-state index is 11.6. The number of hydrogen-bond acceptors (Lipinski definition) is 2. The number of phenols is 1. The van der Waals surface area contributed by atoms with E-state index in [-0.39, 0.29) is 11.7 Å². The van der Waals surface area contributed by atoms with Crippen LogP contribution in [0.1, 0.15) is 16.8 Å². The van der Waals surface area contributed by atoms with Gasteiger partial charge in [0, 0.05) is 15.4 Å². The fourth-order valence-electron chi connectivity index (χ4n) is 1.05. The maximum Gasteiger partial charge on any atom is 0.255 e. The lowest BCUT2D eigenvalue weighted by Crippen LogP contribution is -2.24. The van der Waals surface area contributed by atoms with Crippen LogP contribution >= 0.6 is 38.5 Å². The normalized spacial score (nSPS) is 10.0. The summed E-state index contributed by atoms with van der Waals surface area (Å²) >= 11 is 5.51. The second kappa shape index (κ2) is 6.32. The number of nitrogens with one attached hydrogen (secondary N) is 1. The number of carbonyl (C=O) groups is 1. The Morgan fingerprint density at radius 2 is 2.27 bits per heavy atom. The van der Waals surface area contributed by atoms with E-state index in [0.29, 0.717) is 12.1 Å². The molecule has 0 aliphatic heterocycles. The van der Waals surface area contributed by atoms with Crippen LogP contribution in [0.25, 0.3) is 0 Å². The molecule has 0 aromatic heterocycles. The van der Waals surface area contributed by atoms with Crippen molar-refractivity contribution < 1.29 is 9.90 Å². The van der Waals surface area contributed by atoms with Gasteiger partial charge in [-0.15, -0.1) is 0 Å². The van der Waals surface area contributed by atoms with E-state index in [9.17, 15) is 9.90 Å². The highest BCUT2D eigenvalue weighted by Crippen LogP contribution is 2.21. The van der Waals surface area contributed by atoms with Crippen molar-refractivity contribution in [1.82, 2.24) is 5.32 Å². The van der Waals surface area contributed by atoms with Crippen LogP contribution < -0.4 is 5.32 Å². The second-order valence-electron chi connectivity index (χ2n) is 2.96. The number of halogens is 2. The Balaban J connectivity index is 2.68. The van der Waals surface area contributed by atoms with Gasteiger partial charge in [0.25, 0.3) is 5.91 Å². The van der Waals surface area contributed by atoms with Gasteiger partial charge in [0.15, 0.2) is 0 Å². The number of phenolic OH excluding ortho intramolecular Hbond substituents is 1. The molecular formula is C10H11BrINO2. The molecule has 5 heteroatoms. The molecule has 0 aliphatic carbocycles. The number of amides is 1. The molecule has 0 fully saturated rings. The third kappa shape index (κ3) is 3.98. The molecule has 0 saturated carbocycles. The zero-order valence-corrected chi connectivity index (χ0v) is 11.7. The first-order chi connectivity index (χ1) is 7.15. The monoisotopic (exact) mass is 383 g/mol. The predicted octanol–water partition coefficient (Wildman–Crippen LogP) is 2.71. The van der Waals surface area contributed by atoms with E-state index in [4.69, 9.17) is 0 Å². The summed E-state index contributed by atoms with van der Waals surface area (Å²) in [6, 6.07) is 4.79. The molecule has 15 heavy (non-hydrogen) atoms. The molecule has 0 radical (unpaired) electrons. The minimum atomic E-state index is -0.237. The molecule has 0 aliphatic rings. The lowest BCUT2D eigenvalue weighted by Gasteiger charge is -2.06. The van der Waals surface area contributed by atoms with Crippen molar-refractivity contribution in [3.05, 3.63) is 28.2 Å². The van der Waals surface area contributed by atoms with Crippen LogP contribution in [-0.2, 0) is 0 Å². The van der Waals surface area contributed by atoms with E-state index in [1.807, 2.05) is 0 Å². The SMILES string of the molecule is O=C(NCCCI)c1cc(Br)ccc1O. The molecule has 0 heterocycles. The topological polar surface area (TPSA) is 49.3 Å². The van der Waals surface area contributed by atoms with Gasteiger partial charge in [-0.3, -0.25) is 4.79 Å². The molecule has 1 rings (SSSR count). The number of aromatic hydroxyl groups is 1. The number of carbonyl (C=O) groups excluding carboxylic acids is 1. The zero-order valence-electron chi connectivity index (χ0n) is 7.96. The number of rotatable bonds is 4. The van der Waals surface area contributed by atoms with Gasteiger partial charge in [0.05, 0.1) is 5.56 Å². The summed E-state index contributed by atoms with van der Waals surface area (Å²) in [5, 5.41) is 12.2. The minimum absolute atomic E-state index is 0.00479. The van der Waals surface area contributed by atoms with E-state index in [1.54, 1.807) is 12.1 Å². The van der Waals surface area contributed by atoms with Gasteiger partial charge in [-0.1, -0.05) is 38.5 Å². The van der Waals surface area contributed by atoms with Gasteiger partial charge in [-0.25, -0.2) is 0 Å². The quantitative estimate of drug-likeness (QED) is 0.477. The smallest absolute Gasteiger partial charge is 0.255 e. The highest BCUT2D eigenvalue weighted by molar-refractivity contribution is 14.1. The molecule has 3 nitrogen and oxygen atoms in total. The molecule has 82 valence electrons. The Hall–Kier alpha value is -0.300. The third-order valence-electron chi connectivity index (χ3n) is 1.80. The van der Waals surface area contributed by atoms with E-state index in [0.717, 1.165) is 15.3 Å². The van der Waals surface area contributed by atoms with Gasteiger partial charge in [-0.05, 0) is 24.6 Å². The van der Waals surface area contributed by atoms with Crippen LogP contribution in [-0.4, -0.2) is 22.0 Å². The number of hydrogen-bond donors (Lipinski definition) is 2. The van der Waals surface area contributed by atoms with Crippen LogP contribution in [0, 0.1) is 0 Å². The van der Waals surface area contributed by atoms with Crippen LogP contribution in [0.3, 0.4) is 0 Å². The Labute approximate surface area is 111 Å². The summed E-state index contributed by atoms with van der Waals surface area (Å²) in [6.45, 7) is 0.633. The second-order valence-corrected chi connectivity index (χ2v) is 4.95. The van der Waals surface area contributed by atoms with Gasteiger partial charge in [0.2, 0.25) is 0 Å². The van der Waals surface area contributed by atoms with Crippen molar-refractivity contribution >= 4 is 44.4 Å². The molecule has 1 aromatic rings. The van der Waals surface area contributed by atoms with Crippen LogP contribution in [0.5, 0.6) is 5.75 Å². The summed E-state index contributed by atoms with van der Waals surface area (Å²) in [5.41, 5.74) is 0.304. The molecule has 2 N–H and O–H groups in total. The molecular weight excluding hydrogens is 373 g/mol. The molecule has 0 atom stereocenters. The van der Waals surface area contributed by atoms with Crippen LogP contribution in [0.15, 0.2) is 22.7 Å². The highest BCUT2D eigenvalue weighted by atomic mass is 127. The Morgan fingerprint density at radius 3 is 2.93 bits per heavy atom. The Bertz CT molecular complexity index is 357. The van der Waals surface area contributed by atoms with Crippen molar-refractivity contribution in [3.8, 4) is 5.75 Å². The minimum Gasteiger partial charge on any atom is -0.507 e. The lowest BCUT2D eigenvalue weighted by atomic mass is 10.2. The summed E-state index contributed by atoms with van der Waals surface area (Å²) in [6.07, 6.45) is 0.932. The summed E-state index contributed by atoms with van der Waals surface area (Å²) in [5.74, 6) is -0.233. The molecule has 0 bridgehead atoms. The first-order valence-corrected chi connectivity index (χ1v) is 6.79. The fraction of sp³-hybridized carbons (Fsp3) is 0.300. The van der Waals surface area contributed by atoms with Crippen molar-refractivity contribution in [2.24, 2.45) is 0 Å². The van der Waals surface area contributed by atoms with Crippen molar-refractivity contribution in [2.45, 2.75) is 6.42 Å². The lowest BCUT2D eigenvalue weighted by molar-refractivity contribution is 0.0951. The Kier molecular flexibility index (Phi) is 5.38. The first-order valence-electron chi connectivity index (χ1n) is 4.48. The average molecular weight is 384 g/mol. The largest absolute Gasteiger partial charge is 0.507 e. The maximum absolute atomic E-state index is 11.6. The fourth-order valence-corrected chi connectivity index (χ4v) is 1.80. The van der Waals surface area contributed by atoms with Gasteiger partial charge in [-0.2, -0.15) is 0 Å². The summed E-state index contributed by atoms with van der Waals surface area (Å²) in [4.78, 5) is 11.6. The van der Waals surface area contributed by atoms with E-state index >= 15 is 0 Å². The predicted molar refractivity (Wildman–Crippen MR) is 71.6 cm³/mol. The Morgan fingerprint density at radius 1 is 1.53 bits per heavy atom. The van der Waals surface area contributed by atoms with Crippen LogP contribution in [0.2, 0.25) is 0 Å². The summed E-state index contributed by atoms with van der Waals surface area (Å²) < 4.78 is 1.78. The molecule has 1 aromatic carbocycles. The molecule has 0 spiro atoms. The van der Waals surface area contributed by atoms with Crippen molar-refractivity contribution in [1.29, 1.82) is 0 Å². The summed E-state index contributed by atoms with van der Waals surface area (Å²) in [7, 11) is 0. The van der Waals surface area contributed by atoms with Crippen molar-refractivity contribution in [3.63, 3.8) is 0 Å². The van der Waals surface area contributed by atoms with E-state index < -0.39 is 0 Å². The van der Waals surface area contributed by atoms with Gasteiger partial charge in [0.1, 0.15) is 5.75 Å². The van der Waals surface area contributed by atoms with Crippen LogP contribution in [0.4, 0.5) is 0 Å². The molecule has 1 amide bonds. The standard InChI is InChI=1S/C10H11BrINO2/c11-7-2-3-9(14)8(6-7)10(15)13-5-1-4-12/h2-3,6,14H,1,4-5H2,(H,13,15). The van der Waals surface area contributed by atoms with Gasteiger partial charge >= 0.3 is 0 Å². The van der Waals surface area contributed by atoms with Gasteiger partial charge < -0.3 is 10.4 Å². The average Bonchev–Trinajstić information content (AvgIpc) is 2.22. The third-order valence-corrected chi connectivity index (χ3v) is 3.06. The number of benzene rings is 1. The first kappa shape index (κ1) is 12.8. The highest BCUT2D eigenvalue weighted by Gasteiger charge is 2.10. The van der Waals surface area contributed by atoms with E-state index in [1.165, 1.54) is 6.07 Å².